The molecular weight excluding hydrogens is 328 g/mol. The highest BCUT2D eigenvalue weighted by molar-refractivity contribution is 5.87. The lowest BCUT2D eigenvalue weighted by molar-refractivity contribution is 0.0697. The normalized spacial score (nSPS) is 11.5. The standard InChI is InChI=1S/C21H22N2O3/c1-21(2,3)18-17(13-14-9-11-15(12-10-14)20(25)26)19(24)23(22-18)16-7-5-4-6-8-16/h4-12,22H,13H2,1-3H3,(H,25,26). The van der Waals surface area contributed by atoms with Crippen molar-refractivity contribution in [3.63, 3.8) is 0 Å². The molecule has 1 aromatic heterocycles. The largest absolute Gasteiger partial charge is 0.478 e. The van der Waals surface area contributed by atoms with E-state index >= 15 is 0 Å². The molecule has 1 heterocycles. The summed E-state index contributed by atoms with van der Waals surface area (Å²) in [5.74, 6) is -0.958. The Bertz CT molecular complexity index is 975. The summed E-state index contributed by atoms with van der Waals surface area (Å²) in [5.41, 5.74) is 3.20. The smallest absolute Gasteiger partial charge is 0.335 e. The number of aromatic nitrogens is 2. The highest BCUT2D eigenvalue weighted by Crippen LogP contribution is 2.25. The second-order valence-corrected chi connectivity index (χ2v) is 7.37. The van der Waals surface area contributed by atoms with Crippen molar-refractivity contribution in [1.29, 1.82) is 0 Å². The lowest BCUT2D eigenvalue weighted by Gasteiger charge is -2.18. The van der Waals surface area contributed by atoms with Crippen molar-refractivity contribution < 1.29 is 9.90 Å². The summed E-state index contributed by atoms with van der Waals surface area (Å²) in [7, 11) is 0. The van der Waals surface area contributed by atoms with Gasteiger partial charge in [-0.3, -0.25) is 9.89 Å². The van der Waals surface area contributed by atoms with Crippen molar-refractivity contribution in [2.45, 2.75) is 32.6 Å². The number of nitrogens with zero attached hydrogens (tertiary/aromatic N) is 1. The number of aromatic carboxylic acids is 1. The molecule has 0 saturated carbocycles. The molecule has 0 saturated heterocycles. The third-order valence-electron chi connectivity index (χ3n) is 4.33. The average Bonchev–Trinajstić information content (AvgIpc) is 2.93. The first kappa shape index (κ1) is 17.7. The fourth-order valence-electron chi connectivity index (χ4n) is 2.98. The average molecular weight is 350 g/mol. The summed E-state index contributed by atoms with van der Waals surface area (Å²) in [6.07, 6.45) is 0.446. The van der Waals surface area contributed by atoms with Crippen LogP contribution in [0.15, 0.2) is 59.4 Å². The topological polar surface area (TPSA) is 75.1 Å². The van der Waals surface area contributed by atoms with Crippen molar-refractivity contribution in [3.05, 3.63) is 87.3 Å². The van der Waals surface area contributed by atoms with Crippen LogP contribution in [0.25, 0.3) is 5.69 Å². The minimum absolute atomic E-state index is 0.0802. The van der Waals surface area contributed by atoms with Gasteiger partial charge in [0.15, 0.2) is 0 Å². The lowest BCUT2D eigenvalue weighted by atomic mass is 9.87. The van der Waals surface area contributed by atoms with Crippen molar-refractivity contribution >= 4 is 5.97 Å². The van der Waals surface area contributed by atoms with Crippen LogP contribution in [0, 0.1) is 0 Å². The summed E-state index contributed by atoms with van der Waals surface area (Å²) in [6, 6.07) is 16.1. The monoisotopic (exact) mass is 350 g/mol. The number of para-hydroxylation sites is 1. The molecule has 0 aliphatic rings. The van der Waals surface area contributed by atoms with Gasteiger partial charge in [0.2, 0.25) is 0 Å². The first-order chi connectivity index (χ1) is 12.3. The van der Waals surface area contributed by atoms with Gasteiger partial charge in [-0.05, 0) is 29.8 Å². The third kappa shape index (κ3) is 3.47. The van der Waals surface area contributed by atoms with Crippen LogP contribution in [0.5, 0.6) is 0 Å². The van der Waals surface area contributed by atoms with E-state index < -0.39 is 5.97 Å². The Morgan fingerprint density at radius 1 is 1.04 bits per heavy atom. The van der Waals surface area contributed by atoms with E-state index in [1.54, 1.807) is 28.9 Å². The fraction of sp³-hybridized carbons (Fsp3) is 0.238. The van der Waals surface area contributed by atoms with E-state index in [0.29, 0.717) is 12.0 Å². The van der Waals surface area contributed by atoms with E-state index in [4.69, 9.17) is 5.11 Å². The summed E-state index contributed by atoms with van der Waals surface area (Å²) in [6.45, 7) is 6.18. The van der Waals surface area contributed by atoms with Crippen LogP contribution in [0.2, 0.25) is 0 Å². The molecule has 5 heteroatoms. The SMILES string of the molecule is CC(C)(C)c1[nH]n(-c2ccccc2)c(=O)c1Cc1ccc(C(=O)O)cc1. The molecule has 0 bridgehead atoms. The molecule has 0 aliphatic heterocycles. The Balaban J connectivity index is 2.06. The van der Waals surface area contributed by atoms with Crippen LogP contribution in [0.1, 0.15) is 48.0 Å². The molecule has 2 aromatic carbocycles. The van der Waals surface area contributed by atoms with Gasteiger partial charge >= 0.3 is 5.97 Å². The van der Waals surface area contributed by atoms with E-state index in [0.717, 1.165) is 16.9 Å². The molecule has 134 valence electrons. The van der Waals surface area contributed by atoms with E-state index in [-0.39, 0.29) is 16.5 Å². The van der Waals surface area contributed by atoms with Gasteiger partial charge in [-0.1, -0.05) is 51.1 Å². The lowest BCUT2D eigenvalue weighted by Crippen LogP contribution is -2.18. The van der Waals surface area contributed by atoms with Crippen molar-refractivity contribution in [2.75, 3.05) is 0 Å². The van der Waals surface area contributed by atoms with E-state index in [2.05, 4.69) is 25.9 Å². The number of rotatable bonds is 4. The second kappa shape index (κ2) is 6.67. The van der Waals surface area contributed by atoms with E-state index in [9.17, 15) is 9.59 Å². The van der Waals surface area contributed by atoms with Gasteiger partial charge < -0.3 is 5.11 Å². The number of carboxylic acid groups (broad SMARTS) is 1. The van der Waals surface area contributed by atoms with Gasteiger partial charge in [0.25, 0.3) is 5.56 Å². The Hall–Kier alpha value is -3.08. The summed E-state index contributed by atoms with van der Waals surface area (Å²) in [4.78, 5) is 24.1. The maximum Gasteiger partial charge on any atom is 0.335 e. The Morgan fingerprint density at radius 3 is 2.19 bits per heavy atom. The van der Waals surface area contributed by atoms with Gasteiger partial charge in [0, 0.05) is 23.1 Å². The zero-order valence-corrected chi connectivity index (χ0v) is 15.1. The van der Waals surface area contributed by atoms with E-state index in [1.165, 1.54) is 0 Å². The van der Waals surface area contributed by atoms with Crippen LogP contribution in [-0.4, -0.2) is 20.9 Å². The van der Waals surface area contributed by atoms with Crippen LogP contribution in [0.3, 0.4) is 0 Å². The fourth-order valence-corrected chi connectivity index (χ4v) is 2.98. The highest BCUT2D eigenvalue weighted by Gasteiger charge is 2.25. The van der Waals surface area contributed by atoms with E-state index in [1.807, 2.05) is 30.3 Å². The molecule has 26 heavy (non-hydrogen) atoms. The zero-order chi connectivity index (χ0) is 18.9. The van der Waals surface area contributed by atoms with Crippen molar-refractivity contribution in [2.24, 2.45) is 0 Å². The number of hydrogen-bond donors (Lipinski definition) is 2. The minimum atomic E-state index is -0.958. The molecule has 0 fully saturated rings. The number of carboxylic acids is 1. The molecule has 5 nitrogen and oxygen atoms in total. The van der Waals surface area contributed by atoms with Crippen LogP contribution < -0.4 is 5.56 Å². The number of aromatic amines is 1. The number of nitrogens with one attached hydrogen (secondary N) is 1. The van der Waals surface area contributed by atoms with Gasteiger partial charge in [-0.25, -0.2) is 9.48 Å². The Morgan fingerprint density at radius 2 is 1.65 bits per heavy atom. The molecule has 0 radical (unpaired) electrons. The summed E-state index contributed by atoms with van der Waals surface area (Å²) >= 11 is 0. The number of carbonyl (C=O) groups is 1. The first-order valence-electron chi connectivity index (χ1n) is 8.49. The second-order valence-electron chi connectivity index (χ2n) is 7.37. The number of H-pyrrole nitrogens is 1. The maximum atomic E-state index is 13.1. The van der Waals surface area contributed by atoms with Gasteiger partial charge in [-0.2, -0.15) is 0 Å². The van der Waals surface area contributed by atoms with Crippen LogP contribution in [-0.2, 0) is 11.8 Å². The maximum absolute atomic E-state index is 13.1. The molecule has 3 aromatic rings. The molecule has 0 amide bonds. The van der Waals surface area contributed by atoms with Gasteiger partial charge in [0.1, 0.15) is 0 Å². The Labute approximate surface area is 151 Å². The van der Waals surface area contributed by atoms with Crippen molar-refractivity contribution in [3.8, 4) is 5.69 Å². The molecule has 0 atom stereocenters. The minimum Gasteiger partial charge on any atom is -0.478 e. The van der Waals surface area contributed by atoms with Crippen LogP contribution >= 0.6 is 0 Å². The molecule has 0 spiro atoms. The first-order valence-corrected chi connectivity index (χ1v) is 8.49. The molecule has 0 aliphatic carbocycles. The highest BCUT2D eigenvalue weighted by atomic mass is 16.4. The third-order valence-corrected chi connectivity index (χ3v) is 4.33. The van der Waals surface area contributed by atoms with Gasteiger partial charge in [-0.15, -0.1) is 0 Å². The summed E-state index contributed by atoms with van der Waals surface area (Å²) < 4.78 is 1.57. The van der Waals surface area contributed by atoms with Gasteiger partial charge in [0.05, 0.1) is 11.3 Å². The zero-order valence-electron chi connectivity index (χ0n) is 15.1. The van der Waals surface area contributed by atoms with Crippen molar-refractivity contribution in [1.82, 2.24) is 9.78 Å². The number of benzene rings is 2. The molecule has 2 N–H and O–H groups in total. The summed E-state index contributed by atoms with van der Waals surface area (Å²) in [5, 5.41) is 12.3. The predicted molar refractivity (Wildman–Crippen MR) is 101 cm³/mol. The predicted octanol–water partition coefficient (Wildman–Crippen LogP) is 3.75. The molecule has 0 unspecified atom stereocenters. The quantitative estimate of drug-likeness (QED) is 0.752. The number of hydrogen-bond acceptors (Lipinski definition) is 2. The Kier molecular flexibility index (Phi) is 4.55. The molecule has 3 rings (SSSR count). The molecular formula is C21H22N2O3. The van der Waals surface area contributed by atoms with Crippen LogP contribution in [0.4, 0.5) is 0 Å².